The Morgan fingerprint density at radius 1 is 1.37 bits per heavy atom. The highest BCUT2D eigenvalue weighted by Crippen LogP contribution is 2.48. The molecule has 6 heteroatoms. The van der Waals surface area contributed by atoms with Crippen LogP contribution in [0.3, 0.4) is 0 Å². The molecule has 2 bridgehead atoms. The maximum absolute atomic E-state index is 12.3. The molecule has 2 saturated carbocycles. The Bertz CT molecular complexity index is 546. The van der Waals surface area contributed by atoms with E-state index >= 15 is 0 Å². The van der Waals surface area contributed by atoms with Gasteiger partial charge in [-0.1, -0.05) is 0 Å². The summed E-state index contributed by atoms with van der Waals surface area (Å²) >= 11 is 0. The van der Waals surface area contributed by atoms with Gasteiger partial charge in [0, 0.05) is 31.0 Å². The van der Waals surface area contributed by atoms with Gasteiger partial charge >= 0.3 is 0 Å². The van der Waals surface area contributed by atoms with E-state index in [4.69, 9.17) is 0 Å². The van der Waals surface area contributed by atoms with Gasteiger partial charge in [-0.2, -0.15) is 0 Å². The van der Waals surface area contributed by atoms with Gasteiger partial charge in [-0.25, -0.2) is 13.1 Å². The Morgan fingerprint density at radius 2 is 2.16 bits per heavy atom. The zero-order valence-electron chi connectivity index (χ0n) is 10.6. The monoisotopic (exact) mass is 282 g/mol. The van der Waals surface area contributed by atoms with Gasteiger partial charge in [-0.3, -0.25) is 4.98 Å². The summed E-state index contributed by atoms with van der Waals surface area (Å²) in [6.45, 7) is 0.0569. The van der Waals surface area contributed by atoms with Crippen LogP contribution in [-0.2, 0) is 10.0 Å². The second kappa shape index (κ2) is 4.85. The number of pyridine rings is 1. The summed E-state index contributed by atoms with van der Waals surface area (Å²) in [6, 6.07) is 3.02. The van der Waals surface area contributed by atoms with E-state index in [1.165, 1.54) is 12.3 Å². The second-order valence-electron chi connectivity index (χ2n) is 5.52. The van der Waals surface area contributed by atoms with Crippen molar-refractivity contribution in [3.05, 3.63) is 24.5 Å². The summed E-state index contributed by atoms with van der Waals surface area (Å²) in [5, 5.41) is 9.48. The van der Waals surface area contributed by atoms with Crippen molar-refractivity contribution >= 4 is 10.0 Å². The van der Waals surface area contributed by atoms with Gasteiger partial charge in [0.2, 0.25) is 10.0 Å². The summed E-state index contributed by atoms with van der Waals surface area (Å²) in [5.41, 5.74) is 0. The average molecular weight is 282 g/mol. The molecule has 0 aliphatic heterocycles. The Morgan fingerprint density at radius 3 is 2.84 bits per heavy atom. The first-order valence-corrected chi connectivity index (χ1v) is 8.13. The number of aliphatic hydroxyl groups is 1. The zero-order valence-corrected chi connectivity index (χ0v) is 11.4. The van der Waals surface area contributed by atoms with Gasteiger partial charge in [-0.15, -0.1) is 0 Å². The lowest BCUT2D eigenvalue weighted by molar-refractivity contribution is 0.153. The van der Waals surface area contributed by atoms with Gasteiger partial charge < -0.3 is 5.11 Å². The highest BCUT2D eigenvalue weighted by molar-refractivity contribution is 7.89. The number of aliphatic hydroxyl groups excluding tert-OH is 1. The molecule has 0 amide bonds. The minimum absolute atomic E-state index is 0.0569. The van der Waals surface area contributed by atoms with Crippen LogP contribution in [0.5, 0.6) is 0 Å². The molecule has 0 saturated heterocycles. The molecule has 4 atom stereocenters. The third kappa shape index (κ3) is 2.28. The Hall–Kier alpha value is -0.980. The quantitative estimate of drug-likeness (QED) is 0.855. The number of hydrogen-bond donors (Lipinski definition) is 2. The Labute approximate surface area is 113 Å². The molecule has 1 aromatic rings. The first-order chi connectivity index (χ1) is 9.12. The lowest BCUT2D eigenvalue weighted by Gasteiger charge is -2.30. The summed E-state index contributed by atoms with van der Waals surface area (Å²) in [6.07, 6.45) is 6.10. The molecule has 0 aromatic carbocycles. The van der Waals surface area contributed by atoms with Crippen molar-refractivity contribution in [3.8, 4) is 0 Å². The van der Waals surface area contributed by atoms with Crippen LogP contribution in [0.2, 0.25) is 0 Å². The van der Waals surface area contributed by atoms with E-state index in [9.17, 15) is 13.5 Å². The number of fused-ring (bicyclic) bond motifs is 2. The standard InChI is InChI=1S/C13H18N2O3S/c16-8-12-9-3-4-10(6-9)13(12)15-19(17,18)11-2-1-5-14-7-11/h1-2,5,7,9-10,12-13,15-16H,3-4,6,8H2. The SMILES string of the molecule is O=S(=O)(NC1C2CCC(C2)C1CO)c1cccnc1. The normalized spacial score (nSPS) is 33.7. The van der Waals surface area contributed by atoms with E-state index in [-0.39, 0.29) is 23.5 Å². The van der Waals surface area contributed by atoms with Crippen LogP contribution in [0.4, 0.5) is 0 Å². The number of hydrogen-bond acceptors (Lipinski definition) is 4. The Kier molecular flexibility index (Phi) is 3.32. The largest absolute Gasteiger partial charge is 0.396 e. The molecular weight excluding hydrogens is 264 g/mol. The number of rotatable bonds is 4. The van der Waals surface area contributed by atoms with Gasteiger partial charge in [0.1, 0.15) is 4.90 Å². The first kappa shape index (κ1) is 13.0. The van der Waals surface area contributed by atoms with E-state index < -0.39 is 10.0 Å². The van der Waals surface area contributed by atoms with E-state index in [0.29, 0.717) is 11.8 Å². The third-order valence-electron chi connectivity index (χ3n) is 4.54. The predicted octanol–water partition coefficient (Wildman–Crippen LogP) is 0.767. The average Bonchev–Trinajstić information content (AvgIpc) is 3.00. The molecule has 0 spiro atoms. The lowest BCUT2D eigenvalue weighted by atomic mass is 9.86. The molecule has 0 radical (unpaired) electrons. The van der Waals surface area contributed by atoms with E-state index in [0.717, 1.165) is 19.3 Å². The van der Waals surface area contributed by atoms with Crippen LogP contribution in [0.25, 0.3) is 0 Å². The van der Waals surface area contributed by atoms with Gasteiger partial charge in [0.05, 0.1) is 0 Å². The van der Waals surface area contributed by atoms with Gasteiger partial charge in [0.25, 0.3) is 0 Å². The predicted molar refractivity (Wildman–Crippen MR) is 69.8 cm³/mol. The van der Waals surface area contributed by atoms with Crippen molar-refractivity contribution in [1.82, 2.24) is 9.71 Å². The highest BCUT2D eigenvalue weighted by Gasteiger charge is 2.48. The molecule has 1 heterocycles. The topological polar surface area (TPSA) is 79.3 Å². The van der Waals surface area contributed by atoms with E-state index in [2.05, 4.69) is 9.71 Å². The second-order valence-corrected chi connectivity index (χ2v) is 7.23. The van der Waals surface area contributed by atoms with Crippen molar-refractivity contribution in [2.24, 2.45) is 17.8 Å². The molecule has 2 fully saturated rings. The maximum atomic E-state index is 12.3. The van der Waals surface area contributed by atoms with Crippen LogP contribution < -0.4 is 4.72 Å². The minimum Gasteiger partial charge on any atom is -0.396 e. The summed E-state index contributed by atoms with van der Waals surface area (Å²) < 4.78 is 27.4. The lowest BCUT2D eigenvalue weighted by Crippen LogP contribution is -2.45. The molecule has 2 aliphatic carbocycles. The van der Waals surface area contributed by atoms with E-state index in [1.54, 1.807) is 12.3 Å². The smallest absolute Gasteiger partial charge is 0.242 e. The minimum atomic E-state index is -3.53. The van der Waals surface area contributed by atoms with E-state index in [1.807, 2.05) is 0 Å². The van der Waals surface area contributed by atoms with Crippen LogP contribution in [0, 0.1) is 17.8 Å². The molecule has 19 heavy (non-hydrogen) atoms. The Balaban J connectivity index is 1.81. The highest BCUT2D eigenvalue weighted by atomic mass is 32.2. The van der Waals surface area contributed by atoms with Crippen LogP contribution in [0.1, 0.15) is 19.3 Å². The third-order valence-corrected chi connectivity index (χ3v) is 5.98. The van der Waals surface area contributed by atoms with Crippen LogP contribution in [-0.4, -0.2) is 31.2 Å². The summed E-state index contributed by atoms with van der Waals surface area (Å²) in [5.74, 6) is 0.899. The van der Waals surface area contributed by atoms with Gasteiger partial charge in [-0.05, 0) is 43.2 Å². The molecule has 2 N–H and O–H groups in total. The number of sulfonamides is 1. The fourth-order valence-corrected chi connectivity index (χ4v) is 4.93. The zero-order chi connectivity index (χ0) is 13.5. The fourth-order valence-electron chi connectivity index (χ4n) is 3.61. The molecule has 1 aromatic heterocycles. The number of aromatic nitrogens is 1. The van der Waals surface area contributed by atoms with Crippen molar-refractivity contribution in [2.45, 2.75) is 30.2 Å². The number of nitrogens with zero attached hydrogens (tertiary/aromatic N) is 1. The van der Waals surface area contributed by atoms with Crippen molar-refractivity contribution < 1.29 is 13.5 Å². The van der Waals surface area contributed by atoms with Crippen LogP contribution in [0.15, 0.2) is 29.4 Å². The van der Waals surface area contributed by atoms with Crippen molar-refractivity contribution in [3.63, 3.8) is 0 Å². The van der Waals surface area contributed by atoms with Crippen LogP contribution >= 0.6 is 0 Å². The molecule has 104 valence electrons. The van der Waals surface area contributed by atoms with Crippen molar-refractivity contribution in [1.29, 1.82) is 0 Å². The molecular formula is C13H18N2O3S. The van der Waals surface area contributed by atoms with Gasteiger partial charge in [0.15, 0.2) is 0 Å². The molecule has 4 unspecified atom stereocenters. The maximum Gasteiger partial charge on any atom is 0.242 e. The molecule has 5 nitrogen and oxygen atoms in total. The van der Waals surface area contributed by atoms with Crippen molar-refractivity contribution in [2.75, 3.05) is 6.61 Å². The fraction of sp³-hybridized carbons (Fsp3) is 0.615. The first-order valence-electron chi connectivity index (χ1n) is 6.65. The number of nitrogens with one attached hydrogen (secondary N) is 1. The summed E-state index contributed by atoms with van der Waals surface area (Å²) in [4.78, 5) is 4.03. The summed E-state index contributed by atoms with van der Waals surface area (Å²) in [7, 11) is -3.53. The molecule has 2 aliphatic rings. The molecule has 3 rings (SSSR count).